The van der Waals surface area contributed by atoms with Gasteiger partial charge in [0.05, 0.1) is 6.54 Å². The maximum Gasteiger partial charge on any atom is 0.203 e. The molecule has 19 heavy (non-hydrogen) atoms. The van der Waals surface area contributed by atoms with Gasteiger partial charge in [-0.05, 0) is 12.0 Å². The molecule has 2 aromatic rings. The number of halogens is 2. The van der Waals surface area contributed by atoms with Crippen LogP contribution >= 0.6 is 0 Å². The van der Waals surface area contributed by atoms with Gasteiger partial charge in [-0.25, -0.2) is 13.8 Å². The molecule has 0 spiro atoms. The van der Waals surface area contributed by atoms with E-state index in [1.807, 2.05) is 0 Å². The number of hydrogen-bond donors (Lipinski definition) is 1. The molecule has 1 aromatic heterocycles. The molecular formula is C14H17F2N3. The molecule has 0 fully saturated rings. The summed E-state index contributed by atoms with van der Waals surface area (Å²) in [4.78, 5) is 4.19. The lowest BCUT2D eigenvalue weighted by atomic mass is 10.2. The van der Waals surface area contributed by atoms with Crippen LogP contribution in [0.3, 0.4) is 0 Å². The van der Waals surface area contributed by atoms with Crippen molar-refractivity contribution in [1.29, 1.82) is 0 Å². The number of benzene rings is 1. The van der Waals surface area contributed by atoms with E-state index in [1.54, 1.807) is 17.0 Å². The SMILES string of the molecule is CC(C)CNc1nccn1Cc1ccc(F)cc1F. The third-order valence-corrected chi connectivity index (χ3v) is 2.74. The number of hydrogen-bond acceptors (Lipinski definition) is 2. The average molecular weight is 265 g/mol. The second-order valence-electron chi connectivity index (χ2n) is 4.89. The largest absolute Gasteiger partial charge is 0.355 e. The van der Waals surface area contributed by atoms with Crippen molar-refractivity contribution in [3.63, 3.8) is 0 Å². The summed E-state index contributed by atoms with van der Waals surface area (Å²) in [6.07, 6.45) is 3.43. The Balaban J connectivity index is 2.12. The molecule has 0 aliphatic rings. The maximum atomic E-state index is 13.6. The molecule has 3 nitrogen and oxygen atoms in total. The Labute approximate surface area is 111 Å². The molecule has 5 heteroatoms. The van der Waals surface area contributed by atoms with E-state index in [0.717, 1.165) is 12.6 Å². The number of anilines is 1. The smallest absolute Gasteiger partial charge is 0.203 e. The second-order valence-corrected chi connectivity index (χ2v) is 4.89. The zero-order valence-electron chi connectivity index (χ0n) is 11.0. The van der Waals surface area contributed by atoms with Gasteiger partial charge in [-0.15, -0.1) is 0 Å². The fraction of sp³-hybridized carbons (Fsp3) is 0.357. The second kappa shape index (κ2) is 5.82. The topological polar surface area (TPSA) is 29.9 Å². The molecular weight excluding hydrogens is 248 g/mol. The Morgan fingerprint density at radius 1 is 1.32 bits per heavy atom. The summed E-state index contributed by atoms with van der Waals surface area (Å²) < 4.78 is 28.2. The average Bonchev–Trinajstić information content (AvgIpc) is 2.77. The van der Waals surface area contributed by atoms with Crippen molar-refractivity contribution in [2.75, 3.05) is 11.9 Å². The minimum Gasteiger partial charge on any atom is -0.355 e. The van der Waals surface area contributed by atoms with Gasteiger partial charge in [-0.1, -0.05) is 19.9 Å². The number of rotatable bonds is 5. The molecule has 1 N–H and O–H groups in total. The van der Waals surface area contributed by atoms with Crippen molar-refractivity contribution in [2.24, 2.45) is 5.92 Å². The number of nitrogens with zero attached hydrogens (tertiary/aromatic N) is 2. The monoisotopic (exact) mass is 265 g/mol. The Hall–Kier alpha value is -1.91. The van der Waals surface area contributed by atoms with E-state index in [4.69, 9.17) is 0 Å². The lowest BCUT2D eigenvalue weighted by molar-refractivity contribution is 0.566. The first-order valence-corrected chi connectivity index (χ1v) is 6.25. The Kier molecular flexibility index (Phi) is 4.14. The zero-order valence-corrected chi connectivity index (χ0v) is 11.0. The van der Waals surface area contributed by atoms with Crippen LogP contribution < -0.4 is 5.32 Å². The quantitative estimate of drug-likeness (QED) is 0.899. The van der Waals surface area contributed by atoms with Crippen LogP contribution in [0.25, 0.3) is 0 Å². The van der Waals surface area contributed by atoms with Crippen LogP contribution in [0.1, 0.15) is 19.4 Å². The first-order chi connectivity index (χ1) is 9.06. The lowest BCUT2D eigenvalue weighted by Crippen LogP contribution is -2.13. The van der Waals surface area contributed by atoms with E-state index >= 15 is 0 Å². The molecule has 0 bridgehead atoms. The van der Waals surface area contributed by atoms with Crippen LogP contribution in [0.5, 0.6) is 0 Å². The number of imidazole rings is 1. The molecule has 0 unspecified atom stereocenters. The lowest BCUT2D eigenvalue weighted by Gasteiger charge is -2.12. The molecule has 0 amide bonds. The Morgan fingerprint density at radius 3 is 2.79 bits per heavy atom. The summed E-state index contributed by atoms with van der Waals surface area (Å²) in [5, 5.41) is 3.20. The van der Waals surface area contributed by atoms with Crippen molar-refractivity contribution >= 4 is 5.95 Å². The van der Waals surface area contributed by atoms with Crippen LogP contribution in [-0.2, 0) is 6.54 Å². The summed E-state index contributed by atoms with van der Waals surface area (Å²) in [7, 11) is 0. The third-order valence-electron chi connectivity index (χ3n) is 2.74. The molecule has 0 aliphatic heterocycles. The van der Waals surface area contributed by atoms with Crippen LogP contribution in [0.4, 0.5) is 14.7 Å². The van der Waals surface area contributed by atoms with Crippen LogP contribution in [0.15, 0.2) is 30.6 Å². The third kappa shape index (κ3) is 3.53. The van der Waals surface area contributed by atoms with E-state index in [9.17, 15) is 8.78 Å². The summed E-state index contributed by atoms with van der Waals surface area (Å²) in [6.45, 7) is 5.31. The van der Waals surface area contributed by atoms with Gasteiger partial charge in [-0.3, -0.25) is 0 Å². The summed E-state index contributed by atoms with van der Waals surface area (Å²) in [5.41, 5.74) is 0.437. The molecule has 1 heterocycles. The fourth-order valence-electron chi connectivity index (χ4n) is 1.73. The summed E-state index contributed by atoms with van der Waals surface area (Å²) in [5.74, 6) is 0.0821. The van der Waals surface area contributed by atoms with Crippen molar-refractivity contribution in [3.05, 3.63) is 47.8 Å². The van der Waals surface area contributed by atoms with Gasteiger partial charge >= 0.3 is 0 Å². The maximum absolute atomic E-state index is 13.6. The summed E-state index contributed by atoms with van der Waals surface area (Å²) in [6, 6.07) is 3.61. The first kappa shape index (κ1) is 13.5. The Bertz CT molecular complexity index is 549. The summed E-state index contributed by atoms with van der Waals surface area (Å²) >= 11 is 0. The minimum absolute atomic E-state index is 0.326. The van der Waals surface area contributed by atoms with Crippen molar-refractivity contribution in [2.45, 2.75) is 20.4 Å². The van der Waals surface area contributed by atoms with Gasteiger partial charge in [-0.2, -0.15) is 0 Å². The van der Waals surface area contributed by atoms with E-state index in [1.165, 1.54) is 12.1 Å². The van der Waals surface area contributed by atoms with Crippen molar-refractivity contribution in [3.8, 4) is 0 Å². The highest BCUT2D eigenvalue weighted by Crippen LogP contribution is 2.14. The number of aromatic nitrogens is 2. The Morgan fingerprint density at radius 2 is 2.11 bits per heavy atom. The zero-order chi connectivity index (χ0) is 13.8. The minimum atomic E-state index is -0.565. The van der Waals surface area contributed by atoms with Gasteiger partial charge in [0.25, 0.3) is 0 Å². The molecule has 0 aliphatic carbocycles. The molecule has 2 rings (SSSR count). The highest BCUT2D eigenvalue weighted by molar-refractivity contribution is 5.28. The van der Waals surface area contributed by atoms with Crippen LogP contribution in [0.2, 0.25) is 0 Å². The normalized spacial score (nSPS) is 11.0. The number of nitrogens with one attached hydrogen (secondary N) is 1. The van der Waals surface area contributed by atoms with Crippen LogP contribution in [-0.4, -0.2) is 16.1 Å². The molecule has 0 saturated heterocycles. The molecule has 1 aromatic carbocycles. The van der Waals surface area contributed by atoms with Gasteiger partial charge < -0.3 is 9.88 Å². The van der Waals surface area contributed by atoms with Crippen molar-refractivity contribution < 1.29 is 8.78 Å². The van der Waals surface area contributed by atoms with Gasteiger partial charge in [0, 0.05) is 30.6 Å². The molecule has 0 saturated carbocycles. The van der Waals surface area contributed by atoms with Gasteiger partial charge in [0.1, 0.15) is 11.6 Å². The highest BCUT2D eigenvalue weighted by atomic mass is 19.1. The molecule has 102 valence electrons. The molecule has 0 radical (unpaired) electrons. The standard InChI is InChI=1S/C14H17F2N3/c1-10(2)8-18-14-17-5-6-19(14)9-11-3-4-12(15)7-13(11)16/h3-7,10H,8-9H2,1-2H3,(H,17,18). The predicted molar refractivity (Wildman–Crippen MR) is 71.0 cm³/mol. The molecule has 0 atom stereocenters. The van der Waals surface area contributed by atoms with Gasteiger partial charge in [0.2, 0.25) is 5.95 Å². The first-order valence-electron chi connectivity index (χ1n) is 6.25. The fourth-order valence-corrected chi connectivity index (χ4v) is 1.73. The van der Waals surface area contributed by atoms with Gasteiger partial charge in [0.15, 0.2) is 0 Å². The highest BCUT2D eigenvalue weighted by Gasteiger charge is 2.08. The van der Waals surface area contributed by atoms with Crippen molar-refractivity contribution in [1.82, 2.24) is 9.55 Å². The van der Waals surface area contributed by atoms with Crippen LogP contribution in [0, 0.1) is 17.6 Å². The van der Waals surface area contributed by atoms with E-state index in [0.29, 0.717) is 24.0 Å². The van der Waals surface area contributed by atoms with E-state index in [2.05, 4.69) is 24.1 Å². The van der Waals surface area contributed by atoms with E-state index < -0.39 is 11.6 Å². The van der Waals surface area contributed by atoms with E-state index in [-0.39, 0.29) is 0 Å². The predicted octanol–water partition coefficient (Wildman–Crippen LogP) is 3.28.